The van der Waals surface area contributed by atoms with Gasteiger partial charge in [0.1, 0.15) is 22.8 Å². The van der Waals surface area contributed by atoms with Crippen LogP contribution in [0.5, 0.6) is 0 Å². The van der Waals surface area contributed by atoms with Gasteiger partial charge >= 0.3 is 0 Å². The molecule has 0 bridgehead atoms. The van der Waals surface area contributed by atoms with Crippen LogP contribution in [0.15, 0.2) is 40.7 Å². The highest BCUT2D eigenvalue weighted by molar-refractivity contribution is 6.16. The molecule has 3 N–H and O–H groups in total. The van der Waals surface area contributed by atoms with Crippen molar-refractivity contribution in [1.29, 1.82) is 0 Å². The third-order valence-electron chi connectivity index (χ3n) is 8.20. The molecule has 0 radical (unpaired) electrons. The molecule has 0 aromatic heterocycles. The van der Waals surface area contributed by atoms with E-state index in [-0.39, 0.29) is 23.6 Å². The molecule has 8 nitrogen and oxygen atoms in total. The molecule has 3 fully saturated rings. The zero-order valence-corrected chi connectivity index (χ0v) is 19.4. The third kappa shape index (κ3) is 3.31. The number of carbonyl (C=O) groups excluding carboxylic acids is 2. The smallest absolute Gasteiger partial charge is 0.256 e. The lowest BCUT2D eigenvalue weighted by molar-refractivity contribution is -0.149. The lowest BCUT2D eigenvalue weighted by Gasteiger charge is -2.42. The highest BCUT2D eigenvalue weighted by Gasteiger charge is 2.59. The number of amidine groups is 1. The maximum Gasteiger partial charge on any atom is 0.256 e. The van der Waals surface area contributed by atoms with Crippen molar-refractivity contribution < 1.29 is 19.1 Å². The number of fused-ring (bicyclic) bond motifs is 1. The Morgan fingerprint density at radius 1 is 1.14 bits per heavy atom. The van der Waals surface area contributed by atoms with Gasteiger partial charge in [-0.25, -0.2) is 4.39 Å². The van der Waals surface area contributed by atoms with Crippen molar-refractivity contribution in [2.75, 3.05) is 36.9 Å². The van der Waals surface area contributed by atoms with Gasteiger partial charge in [0.25, 0.3) is 11.8 Å². The Bertz CT molecular complexity index is 1250. The van der Waals surface area contributed by atoms with Gasteiger partial charge in [0.2, 0.25) is 0 Å². The van der Waals surface area contributed by atoms with Gasteiger partial charge in [0, 0.05) is 31.1 Å². The standard InChI is InChI=1S/C26H28FN5O3/c27-19-9-16(17-2-4-20-21(10-17)29-14-28-20)1-3-18(19)22-30-25(5-6-25)23(33)32(22)13-15-11-31(12-15)24(34)26(35)7-8-26/h2,4,9-10,15,28-29,35H,1,3,5-8,11-14H2. The average Bonchev–Trinajstić information content (AvgIpc) is 3.70. The molecule has 3 aliphatic heterocycles. The number of nitrogens with one attached hydrogen (secondary N) is 2. The van der Waals surface area contributed by atoms with Crippen molar-refractivity contribution in [3.05, 3.63) is 41.2 Å². The number of hydrogen-bond acceptors (Lipinski definition) is 6. The number of halogens is 1. The van der Waals surface area contributed by atoms with E-state index in [9.17, 15) is 14.7 Å². The summed E-state index contributed by atoms with van der Waals surface area (Å²) in [6.07, 6.45) is 5.22. The molecule has 2 saturated carbocycles. The van der Waals surface area contributed by atoms with Crippen molar-refractivity contribution in [2.45, 2.75) is 49.7 Å². The Morgan fingerprint density at radius 2 is 1.91 bits per heavy atom. The minimum absolute atomic E-state index is 0.0367. The fraction of sp³-hybridized carbons (Fsp3) is 0.500. The molecule has 7 rings (SSSR count). The second-order valence-electron chi connectivity index (χ2n) is 10.8. The fourth-order valence-electron chi connectivity index (χ4n) is 5.65. The van der Waals surface area contributed by atoms with Gasteiger partial charge in [0.05, 0.1) is 18.0 Å². The van der Waals surface area contributed by atoms with E-state index >= 15 is 4.39 Å². The third-order valence-corrected chi connectivity index (χ3v) is 8.20. The number of rotatable bonds is 5. The van der Waals surface area contributed by atoms with Gasteiger partial charge in [-0.2, -0.15) is 0 Å². The molecule has 2 amide bonds. The van der Waals surface area contributed by atoms with Gasteiger partial charge in [0.15, 0.2) is 0 Å². The molecule has 0 unspecified atom stereocenters. The number of anilines is 2. The molecule has 1 spiro atoms. The topological polar surface area (TPSA) is 97.3 Å². The predicted octanol–water partition coefficient (Wildman–Crippen LogP) is 2.64. The van der Waals surface area contributed by atoms with Gasteiger partial charge in [-0.15, -0.1) is 0 Å². The summed E-state index contributed by atoms with van der Waals surface area (Å²) in [4.78, 5) is 33.6. The molecule has 0 atom stereocenters. The minimum atomic E-state index is -1.16. The molecule has 182 valence electrons. The van der Waals surface area contributed by atoms with Crippen LogP contribution in [0.25, 0.3) is 5.57 Å². The van der Waals surface area contributed by atoms with Crippen LogP contribution < -0.4 is 10.6 Å². The summed E-state index contributed by atoms with van der Waals surface area (Å²) in [5.41, 5.74) is 2.64. The molecular formula is C26H28FN5O3. The van der Waals surface area contributed by atoms with Crippen LogP contribution in [0.1, 0.15) is 44.1 Å². The maximum absolute atomic E-state index is 15.5. The Kier molecular flexibility index (Phi) is 4.32. The number of benzene rings is 1. The molecule has 3 aliphatic carbocycles. The van der Waals surface area contributed by atoms with Crippen molar-refractivity contribution >= 4 is 34.6 Å². The Hall–Kier alpha value is -3.20. The van der Waals surface area contributed by atoms with Gasteiger partial charge in [-0.3, -0.25) is 19.5 Å². The van der Waals surface area contributed by atoms with E-state index in [1.165, 1.54) is 0 Å². The zero-order chi connectivity index (χ0) is 23.9. The summed E-state index contributed by atoms with van der Waals surface area (Å²) >= 11 is 0. The fourth-order valence-corrected chi connectivity index (χ4v) is 5.65. The van der Waals surface area contributed by atoms with E-state index in [4.69, 9.17) is 4.99 Å². The quantitative estimate of drug-likeness (QED) is 0.606. The number of amides is 2. The molecule has 9 heteroatoms. The van der Waals surface area contributed by atoms with Crippen LogP contribution in [0.4, 0.5) is 15.8 Å². The largest absolute Gasteiger partial charge is 0.380 e. The molecular weight excluding hydrogens is 449 g/mol. The van der Waals surface area contributed by atoms with Crippen LogP contribution in [-0.4, -0.2) is 70.0 Å². The lowest BCUT2D eigenvalue weighted by atomic mass is 9.91. The molecule has 3 heterocycles. The second-order valence-corrected chi connectivity index (χ2v) is 10.8. The van der Waals surface area contributed by atoms with E-state index in [1.54, 1.807) is 15.9 Å². The number of allylic oxidation sites excluding steroid dienone is 3. The van der Waals surface area contributed by atoms with E-state index in [1.807, 2.05) is 18.2 Å². The minimum Gasteiger partial charge on any atom is -0.380 e. The first-order valence-corrected chi connectivity index (χ1v) is 12.5. The van der Waals surface area contributed by atoms with Crippen LogP contribution in [0, 0.1) is 5.92 Å². The molecule has 1 aromatic carbocycles. The summed E-state index contributed by atoms with van der Waals surface area (Å²) in [7, 11) is 0. The first-order valence-electron chi connectivity index (χ1n) is 12.5. The SMILES string of the molecule is O=C(N1CC(CN2C(=O)C3(CC3)N=C2C2=C(F)C=C(c3ccc4c(c3)NCN4)CC2)C1)C1(O)CC1. The van der Waals surface area contributed by atoms with Crippen molar-refractivity contribution in [2.24, 2.45) is 10.9 Å². The normalized spacial score (nSPS) is 25.6. The van der Waals surface area contributed by atoms with E-state index in [0.29, 0.717) is 76.2 Å². The van der Waals surface area contributed by atoms with Crippen LogP contribution in [0.2, 0.25) is 0 Å². The number of hydrogen-bond donors (Lipinski definition) is 3. The van der Waals surface area contributed by atoms with E-state index < -0.39 is 11.1 Å². The van der Waals surface area contributed by atoms with Crippen LogP contribution >= 0.6 is 0 Å². The lowest BCUT2D eigenvalue weighted by Crippen LogP contribution is -2.57. The Labute approximate surface area is 202 Å². The number of nitrogens with zero attached hydrogens (tertiary/aromatic N) is 3. The first kappa shape index (κ1) is 21.1. The molecule has 1 aromatic rings. The average molecular weight is 478 g/mol. The van der Waals surface area contributed by atoms with Crippen molar-refractivity contribution in [3.8, 4) is 0 Å². The molecule has 6 aliphatic rings. The van der Waals surface area contributed by atoms with Gasteiger partial charge in [-0.05, 0) is 67.9 Å². The monoisotopic (exact) mass is 477 g/mol. The van der Waals surface area contributed by atoms with Crippen LogP contribution in [0.3, 0.4) is 0 Å². The van der Waals surface area contributed by atoms with Crippen molar-refractivity contribution in [1.82, 2.24) is 9.80 Å². The Balaban J connectivity index is 1.11. The summed E-state index contributed by atoms with van der Waals surface area (Å²) < 4.78 is 15.5. The number of likely N-dealkylation sites (tertiary alicyclic amines) is 1. The van der Waals surface area contributed by atoms with Gasteiger partial charge < -0.3 is 20.6 Å². The maximum atomic E-state index is 15.5. The number of carbonyl (C=O) groups is 2. The summed E-state index contributed by atoms with van der Waals surface area (Å²) in [6, 6.07) is 6.06. The summed E-state index contributed by atoms with van der Waals surface area (Å²) in [6.45, 7) is 2.14. The number of aliphatic hydroxyl groups is 1. The zero-order valence-electron chi connectivity index (χ0n) is 19.4. The predicted molar refractivity (Wildman–Crippen MR) is 129 cm³/mol. The highest BCUT2D eigenvalue weighted by Crippen LogP contribution is 2.48. The summed E-state index contributed by atoms with van der Waals surface area (Å²) in [5.74, 6) is 0.0186. The van der Waals surface area contributed by atoms with Crippen molar-refractivity contribution in [3.63, 3.8) is 0 Å². The van der Waals surface area contributed by atoms with Crippen LogP contribution in [-0.2, 0) is 9.59 Å². The first-order chi connectivity index (χ1) is 16.9. The summed E-state index contributed by atoms with van der Waals surface area (Å²) in [5, 5.41) is 16.6. The Morgan fingerprint density at radius 3 is 2.63 bits per heavy atom. The van der Waals surface area contributed by atoms with Gasteiger partial charge in [-0.1, -0.05) is 6.07 Å². The highest BCUT2D eigenvalue weighted by atomic mass is 19.1. The van der Waals surface area contributed by atoms with E-state index in [2.05, 4.69) is 10.6 Å². The number of aliphatic imine (C=N–C) groups is 1. The molecule has 35 heavy (non-hydrogen) atoms. The molecule has 1 saturated heterocycles. The van der Waals surface area contributed by atoms with E-state index in [0.717, 1.165) is 22.5 Å². The second kappa shape index (κ2) is 7.16.